The molecule has 0 unspecified atom stereocenters. The van der Waals surface area contributed by atoms with Gasteiger partial charge in [-0.2, -0.15) is 0 Å². The van der Waals surface area contributed by atoms with Crippen molar-refractivity contribution in [3.8, 4) is 0 Å². The number of rotatable bonds is 6. The van der Waals surface area contributed by atoms with E-state index in [-0.39, 0.29) is 40.8 Å². The Morgan fingerprint density at radius 1 is 1.08 bits per heavy atom. The molecule has 0 fully saturated rings. The van der Waals surface area contributed by atoms with Gasteiger partial charge in [0.1, 0.15) is 6.54 Å². The van der Waals surface area contributed by atoms with Crippen LogP contribution in [-0.2, 0) is 16.6 Å². The third-order valence-electron chi connectivity index (χ3n) is 6.74. The molecule has 196 valence electrons. The Hall–Kier alpha value is -2.34. The normalized spacial score (nSPS) is 15.6. The van der Waals surface area contributed by atoms with E-state index >= 15 is 0 Å². The van der Waals surface area contributed by atoms with E-state index < -0.39 is 0 Å². The van der Waals surface area contributed by atoms with Crippen molar-refractivity contribution in [1.82, 2.24) is 9.80 Å². The van der Waals surface area contributed by atoms with Gasteiger partial charge >= 0.3 is 0 Å². The number of nitrogens with zero attached hydrogens (tertiary/aromatic N) is 2. The van der Waals surface area contributed by atoms with Gasteiger partial charge < -0.3 is 9.80 Å². The summed E-state index contributed by atoms with van der Waals surface area (Å²) in [7, 11) is 0. The number of amides is 2. The van der Waals surface area contributed by atoms with Gasteiger partial charge in [0.05, 0.1) is 16.6 Å². The summed E-state index contributed by atoms with van der Waals surface area (Å²) < 4.78 is 0. The fourth-order valence-electron chi connectivity index (χ4n) is 4.86. The first-order valence-electron chi connectivity index (χ1n) is 12.7. The Morgan fingerprint density at radius 2 is 1.78 bits per heavy atom. The summed E-state index contributed by atoms with van der Waals surface area (Å²) in [6.45, 7) is 11.7. The standard InChI is InChI=1S/C30H34Cl2N2O2S/c1-19(2)17-33(29(36)23-11-10-22(31)16-25(23)32)18-27(35)34-14-12-26-24(13-15-37-26)28(34)20-6-8-21(9-7-20)30(3,4)5/h6-11,13,15-16,19,28H,12,14,17-18H2,1-5H3/t28-/m0/s1. The van der Waals surface area contributed by atoms with Gasteiger partial charge in [-0.3, -0.25) is 9.59 Å². The molecule has 2 amide bonds. The van der Waals surface area contributed by atoms with Crippen molar-refractivity contribution < 1.29 is 9.59 Å². The minimum atomic E-state index is -0.261. The molecule has 0 saturated carbocycles. The van der Waals surface area contributed by atoms with Gasteiger partial charge in [0, 0.05) is 23.0 Å². The molecule has 0 bridgehead atoms. The van der Waals surface area contributed by atoms with E-state index in [1.165, 1.54) is 16.0 Å². The maximum Gasteiger partial charge on any atom is 0.255 e. The zero-order valence-electron chi connectivity index (χ0n) is 22.1. The molecular formula is C30H34Cl2N2O2S. The van der Waals surface area contributed by atoms with Crippen LogP contribution < -0.4 is 0 Å². The highest BCUT2D eigenvalue weighted by Crippen LogP contribution is 2.38. The van der Waals surface area contributed by atoms with Gasteiger partial charge in [-0.25, -0.2) is 0 Å². The van der Waals surface area contributed by atoms with Crippen LogP contribution in [0.4, 0.5) is 0 Å². The lowest BCUT2D eigenvalue weighted by atomic mass is 9.85. The predicted molar refractivity (Wildman–Crippen MR) is 154 cm³/mol. The molecule has 2 heterocycles. The Balaban J connectivity index is 1.64. The maximum absolute atomic E-state index is 13.9. The van der Waals surface area contributed by atoms with Gasteiger partial charge in [0.2, 0.25) is 5.91 Å². The molecule has 3 aromatic rings. The van der Waals surface area contributed by atoms with E-state index in [9.17, 15) is 9.59 Å². The average Bonchev–Trinajstić information content (AvgIpc) is 3.31. The third-order valence-corrected chi connectivity index (χ3v) is 8.28. The molecule has 1 atom stereocenters. The van der Waals surface area contributed by atoms with Crippen LogP contribution in [0.25, 0.3) is 0 Å². The third kappa shape index (κ3) is 6.22. The summed E-state index contributed by atoms with van der Waals surface area (Å²) in [5, 5.41) is 2.86. The Morgan fingerprint density at radius 3 is 2.41 bits per heavy atom. The van der Waals surface area contributed by atoms with Crippen LogP contribution >= 0.6 is 34.5 Å². The molecular weight excluding hydrogens is 523 g/mol. The fraction of sp³-hybridized carbons (Fsp3) is 0.400. The van der Waals surface area contributed by atoms with Crippen molar-refractivity contribution in [3.63, 3.8) is 0 Å². The zero-order chi connectivity index (χ0) is 26.9. The van der Waals surface area contributed by atoms with Crippen molar-refractivity contribution in [2.24, 2.45) is 5.92 Å². The monoisotopic (exact) mass is 556 g/mol. The first-order chi connectivity index (χ1) is 17.5. The predicted octanol–water partition coefficient (Wildman–Crippen LogP) is 7.62. The van der Waals surface area contributed by atoms with E-state index in [1.54, 1.807) is 34.4 Å². The minimum Gasteiger partial charge on any atom is -0.330 e. The van der Waals surface area contributed by atoms with E-state index in [0.29, 0.717) is 23.7 Å². The van der Waals surface area contributed by atoms with Gasteiger partial charge in [-0.05, 0) is 64.1 Å². The highest BCUT2D eigenvalue weighted by Gasteiger charge is 2.34. The van der Waals surface area contributed by atoms with Crippen LogP contribution in [0, 0.1) is 5.92 Å². The second-order valence-electron chi connectivity index (χ2n) is 11.1. The van der Waals surface area contributed by atoms with Crippen molar-refractivity contribution >= 4 is 46.4 Å². The lowest BCUT2D eigenvalue weighted by molar-refractivity contribution is -0.134. The molecule has 0 saturated heterocycles. The minimum absolute atomic E-state index is 0.00792. The van der Waals surface area contributed by atoms with E-state index in [0.717, 1.165) is 12.0 Å². The second kappa shape index (κ2) is 11.2. The van der Waals surface area contributed by atoms with Gasteiger partial charge in [0.25, 0.3) is 5.91 Å². The zero-order valence-corrected chi connectivity index (χ0v) is 24.4. The number of fused-ring (bicyclic) bond motifs is 1. The molecule has 7 heteroatoms. The largest absolute Gasteiger partial charge is 0.330 e. The summed E-state index contributed by atoms with van der Waals surface area (Å²) >= 11 is 14.1. The molecule has 0 spiro atoms. The Labute approximate surface area is 234 Å². The van der Waals surface area contributed by atoms with Crippen molar-refractivity contribution in [1.29, 1.82) is 0 Å². The van der Waals surface area contributed by atoms with Crippen molar-refractivity contribution in [2.45, 2.75) is 52.5 Å². The van der Waals surface area contributed by atoms with Crippen LogP contribution in [-0.4, -0.2) is 41.2 Å². The highest BCUT2D eigenvalue weighted by atomic mass is 35.5. The molecule has 0 aliphatic carbocycles. The number of carbonyl (C=O) groups is 2. The first-order valence-corrected chi connectivity index (χ1v) is 14.3. The van der Waals surface area contributed by atoms with Crippen molar-refractivity contribution in [2.75, 3.05) is 19.6 Å². The number of hydrogen-bond donors (Lipinski definition) is 0. The van der Waals surface area contributed by atoms with Crippen molar-refractivity contribution in [3.05, 3.63) is 91.1 Å². The lowest BCUT2D eigenvalue weighted by Gasteiger charge is -2.38. The Kier molecular flexibility index (Phi) is 8.37. The molecule has 4 nitrogen and oxygen atoms in total. The smallest absolute Gasteiger partial charge is 0.255 e. The van der Waals surface area contributed by atoms with Gasteiger partial charge in [0.15, 0.2) is 0 Å². The molecule has 0 radical (unpaired) electrons. The number of halogens is 2. The molecule has 1 aliphatic heterocycles. The summed E-state index contributed by atoms with van der Waals surface area (Å²) in [6.07, 6.45) is 0.816. The first kappa shape index (κ1) is 27.7. The van der Waals surface area contributed by atoms with Crippen LogP contribution in [0.2, 0.25) is 10.0 Å². The average molecular weight is 558 g/mol. The molecule has 37 heavy (non-hydrogen) atoms. The molecule has 0 N–H and O–H groups in total. The van der Waals surface area contributed by atoms with Crippen LogP contribution in [0.1, 0.15) is 72.6 Å². The molecule has 2 aromatic carbocycles. The lowest BCUT2D eigenvalue weighted by Crippen LogP contribution is -2.47. The van der Waals surface area contributed by atoms with Crippen LogP contribution in [0.3, 0.4) is 0 Å². The van der Waals surface area contributed by atoms with E-state index in [1.807, 2.05) is 18.7 Å². The van der Waals surface area contributed by atoms with Gasteiger partial charge in [-0.15, -0.1) is 11.3 Å². The fourth-order valence-corrected chi connectivity index (χ4v) is 6.25. The highest BCUT2D eigenvalue weighted by molar-refractivity contribution is 7.10. The molecule has 4 rings (SSSR count). The second-order valence-corrected chi connectivity index (χ2v) is 13.0. The van der Waals surface area contributed by atoms with E-state index in [2.05, 4.69) is 56.5 Å². The summed E-state index contributed by atoms with van der Waals surface area (Å²) in [6, 6.07) is 15.4. The number of carbonyl (C=O) groups excluding carboxylic acids is 2. The van der Waals surface area contributed by atoms with Gasteiger partial charge in [-0.1, -0.05) is 82.1 Å². The summed E-state index contributed by atoms with van der Waals surface area (Å²) in [5.41, 5.74) is 3.92. The van der Waals surface area contributed by atoms with Crippen LogP contribution in [0.15, 0.2) is 53.9 Å². The van der Waals surface area contributed by atoms with Crippen LogP contribution in [0.5, 0.6) is 0 Å². The number of hydrogen-bond acceptors (Lipinski definition) is 3. The van der Waals surface area contributed by atoms with E-state index in [4.69, 9.17) is 23.2 Å². The SMILES string of the molecule is CC(C)CN(CC(=O)N1CCc2sccc2[C@@H]1c1ccc(C(C)(C)C)cc1)C(=O)c1ccc(Cl)cc1Cl. The summed E-state index contributed by atoms with van der Waals surface area (Å²) in [5.74, 6) is -0.141. The summed E-state index contributed by atoms with van der Waals surface area (Å²) in [4.78, 5) is 32.3. The Bertz CT molecular complexity index is 1280. The maximum atomic E-state index is 13.9. The number of benzene rings is 2. The number of thiophene rings is 1. The topological polar surface area (TPSA) is 40.6 Å². The quantitative estimate of drug-likeness (QED) is 0.313. The molecule has 1 aliphatic rings. The molecule has 1 aromatic heterocycles.